The zero-order valence-electron chi connectivity index (χ0n) is 16.3. The second kappa shape index (κ2) is 7.85. The number of hydrogen-bond donors (Lipinski definition) is 2. The lowest BCUT2D eigenvalue weighted by Crippen LogP contribution is -2.27. The van der Waals surface area contributed by atoms with Crippen LogP contribution in [0.15, 0.2) is 71.7 Å². The zero-order chi connectivity index (χ0) is 20.4. The molecule has 0 radical (unpaired) electrons. The summed E-state index contributed by atoms with van der Waals surface area (Å²) in [7, 11) is 0. The molecule has 0 aliphatic rings. The molecular weight excluding hydrogens is 364 g/mol. The smallest absolute Gasteiger partial charge is 0.290 e. The van der Waals surface area contributed by atoms with Crippen LogP contribution in [0.4, 0.5) is 11.4 Å². The first-order chi connectivity index (χ1) is 14.1. The molecule has 1 unspecified atom stereocenters. The molecule has 0 aliphatic carbocycles. The first-order valence-corrected chi connectivity index (χ1v) is 9.59. The van der Waals surface area contributed by atoms with E-state index in [0.717, 1.165) is 22.2 Å². The number of pyridine rings is 1. The quantitative estimate of drug-likeness (QED) is 0.535. The van der Waals surface area contributed by atoms with E-state index >= 15 is 0 Å². The Bertz CT molecular complexity index is 1210. The number of nitrogens with zero attached hydrogens (tertiary/aromatic N) is 3. The predicted octanol–water partition coefficient (Wildman–Crippen LogP) is 4.28. The summed E-state index contributed by atoms with van der Waals surface area (Å²) in [5, 5.41) is 19.3. The number of nitrogens with one attached hydrogen (secondary N) is 1. The molecular formula is C23H22N4O2. The van der Waals surface area contributed by atoms with Crippen LogP contribution in [0.25, 0.3) is 22.2 Å². The molecule has 0 amide bonds. The van der Waals surface area contributed by atoms with Gasteiger partial charge >= 0.3 is 0 Å². The topological polar surface area (TPSA) is 80.0 Å². The normalized spacial score (nSPS) is 12.1. The number of aliphatic hydroxyl groups is 1. The van der Waals surface area contributed by atoms with Crippen molar-refractivity contribution >= 4 is 22.3 Å². The van der Waals surface area contributed by atoms with Gasteiger partial charge in [0, 0.05) is 34.9 Å². The van der Waals surface area contributed by atoms with E-state index in [-0.39, 0.29) is 5.56 Å². The maximum absolute atomic E-state index is 13.2. The van der Waals surface area contributed by atoms with E-state index in [2.05, 4.69) is 15.4 Å². The second-order valence-corrected chi connectivity index (χ2v) is 6.80. The first kappa shape index (κ1) is 18.8. The Labute approximate surface area is 168 Å². The van der Waals surface area contributed by atoms with Gasteiger partial charge < -0.3 is 10.4 Å². The van der Waals surface area contributed by atoms with E-state index in [0.29, 0.717) is 23.5 Å². The van der Waals surface area contributed by atoms with Crippen molar-refractivity contribution in [3.63, 3.8) is 0 Å². The first-order valence-electron chi connectivity index (χ1n) is 9.59. The number of aliphatic hydroxyl groups excluding tert-OH is 1. The van der Waals surface area contributed by atoms with Crippen molar-refractivity contribution in [3.8, 4) is 11.3 Å². The summed E-state index contributed by atoms with van der Waals surface area (Å²) in [6.07, 6.45) is 0.852. The molecule has 0 saturated heterocycles. The Morgan fingerprint density at radius 3 is 2.59 bits per heavy atom. The van der Waals surface area contributed by atoms with Crippen LogP contribution in [0.5, 0.6) is 0 Å². The van der Waals surface area contributed by atoms with E-state index in [4.69, 9.17) is 0 Å². The summed E-state index contributed by atoms with van der Waals surface area (Å²) in [5.74, 6) is 0. The minimum absolute atomic E-state index is 0.274. The standard InChI is InChI=1S/C23H22N4O2/c1-3-27-23(29)22(25-19-13-7-12-18-17(19)11-8-14-24-18)20(15(2)28)21(26-27)16-9-5-4-6-10-16/h4-15,25,28H,3H2,1-2H3. The van der Waals surface area contributed by atoms with Gasteiger partial charge in [0.25, 0.3) is 5.56 Å². The summed E-state index contributed by atoms with van der Waals surface area (Å²) < 4.78 is 1.42. The van der Waals surface area contributed by atoms with Gasteiger partial charge in [-0.3, -0.25) is 9.78 Å². The second-order valence-electron chi connectivity index (χ2n) is 6.80. The fraction of sp³-hybridized carbons (Fsp3) is 0.174. The van der Waals surface area contributed by atoms with Crippen molar-refractivity contribution < 1.29 is 5.11 Å². The van der Waals surface area contributed by atoms with Crippen LogP contribution in [0.2, 0.25) is 0 Å². The Balaban J connectivity index is 1.98. The highest BCUT2D eigenvalue weighted by Crippen LogP contribution is 2.33. The van der Waals surface area contributed by atoms with Gasteiger partial charge in [0.2, 0.25) is 0 Å². The number of benzene rings is 2. The lowest BCUT2D eigenvalue weighted by Gasteiger charge is -2.20. The molecule has 0 fully saturated rings. The third-order valence-electron chi connectivity index (χ3n) is 4.86. The van der Waals surface area contributed by atoms with Gasteiger partial charge in [-0.1, -0.05) is 36.4 Å². The van der Waals surface area contributed by atoms with Gasteiger partial charge in [0.1, 0.15) is 5.69 Å². The van der Waals surface area contributed by atoms with E-state index < -0.39 is 6.10 Å². The van der Waals surface area contributed by atoms with Crippen molar-refractivity contribution in [1.82, 2.24) is 14.8 Å². The van der Waals surface area contributed by atoms with Crippen LogP contribution in [0.1, 0.15) is 25.5 Å². The highest BCUT2D eigenvalue weighted by molar-refractivity contribution is 5.93. The van der Waals surface area contributed by atoms with Crippen molar-refractivity contribution in [1.29, 1.82) is 0 Å². The molecule has 0 aliphatic heterocycles. The minimum Gasteiger partial charge on any atom is -0.389 e. The largest absolute Gasteiger partial charge is 0.389 e. The lowest BCUT2D eigenvalue weighted by molar-refractivity contribution is 0.199. The number of anilines is 2. The Morgan fingerprint density at radius 1 is 1.07 bits per heavy atom. The van der Waals surface area contributed by atoms with Crippen LogP contribution < -0.4 is 10.9 Å². The van der Waals surface area contributed by atoms with E-state index in [1.165, 1.54) is 4.68 Å². The molecule has 0 bridgehead atoms. The highest BCUT2D eigenvalue weighted by Gasteiger charge is 2.22. The van der Waals surface area contributed by atoms with Gasteiger partial charge in [-0.2, -0.15) is 5.10 Å². The molecule has 6 nitrogen and oxygen atoms in total. The summed E-state index contributed by atoms with van der Waals surface area (Å²) in [6, 6.07) is 19.1. The van der Waals surface area contributed by atoms with Crippen molar-refractivity contribution in [2.24, 2.45) is 0 Å². The van der Waals surface area contributed by atoms with Gasteiger partial charge in [0.05, 0.1) is 17.3 Å². The Hall–Kier alpha value is -3.51. The van der Waals surface area contributed by atoms with Gasteiger partial charge in [0.15, 0.2) is 0 Å². The molecule has 146 valence electrons. The van der Waals surface area contributed by atoms with Crippen LogP contribution >= 0.6 is 0 Å². The third-order valence-corrected chi connectivity index (χ3v) is 4.86. The summed E-state index contributed by atoms with van der Waals surface area (Å²) in [5.41, 5.74) is 3.53. The highest BCUT2D eigenvalue weighted by atomic mass is 16.3. The van der Waals surface area contributed by atoms with Crippen LogP contribution in [0.3, 0.4) is 0 Å². The molecule has 29 heavy (non-hydrogen) atoms. The average Bonchev–Trinajstić information content (AvgIpc) is 2.75. The molecule has 2 aromatic carbocycles. The molecule has 4 aromatic rings. The monoisotopic (exact) mass is 386 g/mol. The number of fused-ring (bicyclic) bond motifs is 1. The minimum atomic E-state index is -0.882. The lowest BCUT2D eigenvalue weighted by atomic mass is 10.0. The van der Waals surface area contributed by atoms with E-state index in [1.54, 1.807) is 13.1 Å². The SMILES string of the molecule is CCn1nc(-c2ccccc2)c(C(C)O)c(Nc2cccc3ncccc23)c1=O. The van der Waals surface area contributed by atoms with Gasteiger partial charge in [-0.15, -0.1) is 0 Å². The van der Waals surface area contributed by atoms with Gasteiger partial charge in [-0.25, -0.2) is 4.68 Å². The molecule has 1 atom stereocenters. The Kier molecular flexibility index (Phi) is 5.10. The molecule has 4 rings (SSSR count). The Morgan fingerprint density at radius 2 is 1.86 bits per heavy atom. The molecule has 2 heterocycles. The van der Waals surface area contributed by atoms with Crippen molar-refractivity contribution in [2.75, 3.05) is 5.32 Å². The average molecular weight is 386 g/mol. The van der Waals surface area contributed by atoms with Crippen molar-refractivity contribution in [2.45, 2.75) is 26.5 Å². The maximum atomic E-state index is 13.2. The fourth-order valence-electron chi connectivity index (χ4n) is 3.48. The molecule has 2 aromatic heterocycles. The molecule has 2 N–H and O–H groups in total. The zero-order valence-corrected chi connectivity index (χ0v) is 16.3. The van der Waals surface area contributed by atoms with Crippen LogP contribution in [-0.2, 0) is 6.54 Å². The van der Waals surface area contributed by atoms with Gasteiger partial charge in [-0.05, 0) is 38.1 Å². The number of aromatic nitrogens is 3. The molecule has 0 saturated carbocycles. The van der Waals surface area contributed by atoms with Crippen LogP contribution in [0, 0.1) is 0 Å². The summed E-state index contributed by atoms with van der Waals surface area (Å²) in [4.78, 5) is 17.5. The summed E-state index contributed by atoms with van der Waals surface area (Å²) in [6.45, 7) is 3.94. The van der Waals surface area contributed by atoms with Crippen LogP contribution in [-0.4, -0.2) is 19.9 Å². The summed E-state index contributed by atoms with van der Waals surface area (Å²) >= 11 is 0. The van der Waals surface area contributed by atoms with E-state index in [9.17, 15) is 9.90 Å². The molecule has 0 spiro atoms. The number of rotatable bonds is 5. The maximum Gasteiger partial charge on any atom is 0.290 e. The fourth-order valence-corrected chi connectivity index (χ4v) is 3.48. The number of aryl methyl sites for hydroxylation is 1. The number of hydrogen-bond acceptors (Lipinski definition) is 5. The van der Waals surface area contributed by atoms with E-state index in [1.807, 2.05) is 67.6 Å². The van der Waals surface area contributed by atoms with Crippen molar-refractivity contribution in [3.05, 3.63) is 82.8 Å². The third kappa shape index (κ3) is 3.50. The molecule has 6 heteroatoms. The predicted molar refractivity (Wildman–Crippen MR) is 115 cm³/mol.